The first-order valence-corrected chi connectivity index (χ1v) is 7.23. The second-order valence-corrected chi connectivity index (χ2v) is 5.72. The van der Waals surface area contributed by atoms with Crippen LogP contribution < -0.4 is 9.47 Å². The predicted octanol–water partition coefficient (Wildman–Crippen LogP) is 2.61. The number of hydrogen-bond donors (Lipinski definition) is 1. The minimum atomic E-state index is -0.580. The van der Waals surface area contributed by atoms with Crippen LogP contribution >= 0.6 is 0 Å². The Morgan fingerprint density at radius 2 is 1.95 bits per heavy atom. The van der Waals surface area contributed by atoms with Crippen molar-refractivity contribution in [2.45, 2.75) is 45.4 Å². The van der Waals surface area contributed by atoms with Crippen molar-refractivity contribution in [3.63, 3.8) is 0 Å². The highest BCUT2D eigenvalue weighted by Gasteiger charge is 2.45. The van der Waals surface area contributed by atoms with E-state index in [1.54, 1.807) is 7.11 Å². The third-order valence-electron chi connectivity index (χ3n) is 4.13. The molecule has 1 N–H and O–H groups in total. The monoisotopic (exact) mass is 279 g/mol. The van der Waals surface area contributed by atoms with Crippen LogP contribution in [0.5, 0.6) is 11.5 Å². The summed E-state index contributed by atoms with van der Waals surface area (Å²) in [5.74, 6) is 1.48. The van der Waals surface area contributed by atoms with Gasteiger partial charge in [-0.3, -0.25) is 4.90 Å². The van der Waals surface area contributed by atoms with Gasteiger partial charge in [0.2, 0.25) is 0 Å². The molecular formula is C16H25NO3. The summed E-state index contributed by atoms with van der Waals surface area (Å²) in [5, 5.41) is 10.8. The number of likely N-dealkylation sites (N-methyl/N-ethyl adjacent to an activating group) is 1. The number of methoxy groups -OCH3 is 1. The molecule has 1 aliphatic heterocycles. The number of rotatable bonds is 4. The van der Waals surface area contributed by atoms with Gasteiger partial charge in [0.25, 0.3) is 0 Å². The first kappa shape index (κ1) is 15.1. The van der Waals surface area contributed by atoms with Crippen LogP contribution in [0.3, 0.4) is 0 Å². The third-order valence-corrected chi connectivity index (χ3v) is 4.13. The van der Waals surface area contributed by atoms with Gasteiger partial charge in [0, 0.05) is 5.56 Å². The number of hydrogen-bond acceptors (Lipinski definition) is 4. The molecule has 20 heavy (non-hydrogen) atoms. The van der Waals surface area contributed by atoms with Crippen LogP contribution in [0.4, 0.5) is 0 Å². The van der Waals surface area contributed by atoms with E-state index in [1.165, 1.54) is 0 Å². The van der Waals surface area contributed by atoms with E-state index in [-0.39, 0.29) is 6.04 Å². The molecule has 0 aliphatic carbocycles. The average molecular weight is 279 g/mol. The summed E-state index contributed by atoms with van der Waals surface area (Å²) in [5.41, 5.74) is 0.369. The van der Waals surface area contributed by atoms with Crippen molar-refractivity contribution >= 4 is 0 Å². The lowest BCUT2D eigenvalue weighted by molar-refractivity contribution is -0.0799. The molecule has 1 aromatic carbocycles. The quantitative estimate of drug-likeness (QED) is 0.920. The normalized spacial score (nSPS) is 24.1. The molecule has 2 rings (SSSR count). The number of fused-ring (bicyclic) bond motifs is 1. The molecule has 1 aliphatic rings. The van der Waals surface area contributed by atoms with Crippen molar-refractivity contribution in [3.8, 4) is 11.5 Å². The van der Waals surface area contributed by atoms with Crippen LogP contribution in [0.15, 0.2) is 18.2 Å². The molecule has 112 valence electrons. The smallest absolute Gasteiger partial charge is 0.126 e. The highest BCUT2D eigenvalue weighted by molar-refractivity contribution is 5.44. The van der Waals surface area contributed by atoms with Gasteiger partial charge in [0.1, 0.15) is 23.2 Å². The molecule has 0 saturated heterocycles. The Kier molecular flexibility index (Phi) is 4.25. The fraction of sp³-hybridized carbons (Fsp3) is 0.625. The van der Waals surface area contributed by atoms with E-state index in [0.29, 0.717) is 0 Å². The summed E-state index contributed by atoms with van der Waals surface area (Å²) in [6.07, 6.45) is -0.580. The van der Waals surface area contributed by atoms with Gasteiger partial charge in [-0.15, -0.1) is 0 Å². The van der Waals surface area contributed by atoms with Gasteiger partial charge in [-0.25, -0.2) is 0 Å². The Morgan fingerprint density at radius 3 is 2.50 bits per heavy atom. The lowest BCUT2D eigenvalue weighted by Crippen LogP contribution is -2.57. The van der Waals surface area contributed by atoms with E-state index in [9.17, 15) is 5.11 Å². The van der Waals surface area contributed by atoms with Gasteiger partial charge in [0.15, 0.2) is 0 Å². The van der Waals surface area contributed by atoms with E-state index < -0.39 is 11.7 Å². The van der Waals surface area contributed by atoms with Crippen molar-refractivity contribution in [3.05, 3.63) is 23.8 Å². The van der Waals surface area contributed by atoms with Gasteiger partial charge in [-0.05, 0) is 45.1 Å². The first-order valence-electron chi connectivity index (χ1n) is 7.23. The predicted molar refractivity (Wildman–Crippen MR) is 79.4 cm³/mol. The Balaban J connectivity index is 2.45. The largest absolute Gasteiger partial charge is 0.497 e. The summed E-state index contributed by atoms with van der Waals surface area (Å²) >= 11 is 0. The maximum absolute atomic E-state index is 10.8. The Bertz CT molecular complexity index is 469. The highest BCUT2D eigenvalue weighted by atomic mass is 16.5. The van der Waals surface area contributed by atoms with Crippen molar-refractivity contribution in [2.75, 3.05) is 20.2 Å². The number of nitrogens with zero attached hydrogens (tertiary/aromatic N) is 1. The zero-order valence-electron chi connectivity index (χ0n) is 13.0. The van der Waals surface area contributed by atoms with Crippen LogP contribution in [-0.2, 0) is 0 Å². The standard InChI is InChI=1S/C16H25NO3/c1-6-17(7-2)15-14(18)12-10-11(19-5)8-9-13(12)20-16(15,3)4/h8-10,14-15,18H,6-7H2,1-5H3. The van der Waals surface area contributed by atoms with E-state index in [0.717, 1.165) is 30.2 Å². The van der Waals surface area contributed by atoms with Crippen molar-refractivity contribution in [2.24, 2.45) is 0 Å². The topological polar surface area (TPSA) is 41.9 Å². The van der Waals surface area contributed by atoms with E-state index in [2.05, 4.69) is 18.7 Å². The van der Waals surface area contributed by atoms with Crippen LogP contribution in [0.25, 0.3) is 0 Å². The molecule has 0 spiro atoms. The molecule has 0 radical (unpaired) electrons. The lowest BCUT2D eigenvalue weighted by atomic mass is 9.84. The van der Waals surface area contributed by atoms with E-state index in [4.69, 9.17) is 9.47 Å². The zero-order chi connectivity index (χ0) is 14.9. The molecule has 1 aromatic rings. The molecule has 1 heterocycles. The van der Waals surface area contributed by atoms with Crippen molar-refractivity contribution in [1.29, 1.82) is 0 Å². The van der Waals surface area contributed by atoms with Gasteiger partial charge in [-0.1, -0.05) is 13.8 Å². The number of benzene rings is 1. The van der Waals surface area contributed by atoms with E-state index in [1.807, 2.05) is 32.0 Å². The SMILES string of the molecule is CCN(CC)C1C(O)c2cc(OC)ccc2OC1(C)C. The average Bonchev–Trinajstić information content (AvgIpc) is 2.42. The van der Waals surface area contributed by atoms with Crippen molar-refractivity contribution < 1.29 is 14.6 Å². The molecular weight excluding hydrogens is 254 g/mol. The molecule has 0 aromatic heterocycles. The maximum atomic E-state index is 10.8. The van der Waals surface area contributed by atoms with Gasteiger partial charge < -0.3 is 14.6 Å². The molecule has 0 fully saturated rings. The summed E-state index contributed by atoms with van der Waals surface area (Å²) < 4.78 is 11.4. The molecule has 0 bridgehead atoms. The lowest BCUT2D eigenvalue weighted by Gasteiger charge is -2.47. The fourth-order valence-electron chi connectivity index (χ4n) is 3.13. The number of ether oxygens (including phenoxy) is 2. The zero-order valence-corrected chi connectivity index (χ0v) is 13.0. The second kappa shape index (κ2) is 5.62. The highest BCUT2D eigenvalue weighted by Crippen LogP contribution is 2.43. The van der Waals surface area contributed by atoms with Crippen LogP contribution in [0.2, 0.25) is 0 Å². The summed E-state index contributed by atoms with van der Waals surface area (Å²) in [4.78, 5) is 2.24. The number of aliphatic hydroxyl groups is 1. The van der Waals surface area contributed by atoms with E-state index >= 15 is 0 Å². The molecule has 4 nitrogen and oxygen atoms in total. The summed E-state index contributed by atoms with van der Waals surface area (Å²) in [6.45, 7) is 10.0. The van der Waals surface area contributed by atoms with Gasteiger partial charge >= 0.3 is 0 Å². The summed E-state index contributed by atoms with van der Waals surface area (Å²) in [6, 6.07) is 5.53. The molecule has 2 atom stereocenters. The van der Waals surface area contributed by atoms with Gasteiger partial charge in [0.05, 0.1) is 13.2 Å². The third kappa shape index (κ3) is 2.50. The Morgan fingerprint density at radius 1 is 1.30 bits per heavy atom. The molecule has 0 amide bonds. The maximum Gasteiger partial charge on any atom is 0.126 e. The van der Waals surface area contributed by atoms with Crippen molar-refractivity contribution in [1.82, 2.24) is 4.90 Å². The Labute approximate surface area is 121 Å². The summed E-state index contributed by atoms with van der Waals surface area (Å²) in [7, 11) is 1.63. The van der Waals surface area contributed by atoms with Gasteiger partial charge in [-0.2, -0.15) is 0 Å². The number of aliphatic hydroxyl groups excluding tert-OH is 1. The Hall–Kier alpha value is -1.26. The molecule has 4 heteroatoms. The fourth-order valence-corrected chi connectivity index (χ4v) is 3.13. The molecule has 0 saturated carbocycles. The second-order valence-electron chi connectivity index (χ2n) is 5.72. The van der Waals surface area contributed by atoms with Crippen LogP contribution in [-0.4, -0.2) is 41.8 Å². The minimum absolute atomic E-state index is 0.0721. The van der Waals surface area contributed by atoms with Crippen LogP contribution in [0, 0.1) is 0 Å². The minimum Gasteiger partial charge on any atom is -0.497 e. The first-order chi connectivity index (χ1) is 9.44. The molecule has 2 unspecified atom stereocenters. The van der Waals surface area contributed by atoms with Crippen LogP contribution in [0.1, 0.15) is 39.4 Å².